The van der Waals surface area contributed by atoms with Crippen LogP contribution in [-0.4, -0.2) is 39.4 Å². The zero-order chi connectivity index (χ0) is 23.8. The first kappa shape index (κ1) is 23.7. The van der Waals surface area contributed by atoms with Crippen molar-refractivity contribution >= 4 is 17.6 Å². The van der Waals surface area contributed by atoms with Gasteiger partial charge in [-0.1, -0.05) is 36.4 Å². The van der Waals surface area contributed by atoms with Crippen LogP contribution in [-0.2, 0) is 24.9 Å². The summed E-state index contributed by atoms with van der Waals surface area (Å²) in [6.45, 7) is 4.28. The Kier molecular flexibility index (Phi) is 7.96. The van der Waals surface area contributed by atoms with Gasteiger partial charge in [-0.15, -0.1) is 6.58 Å². The van der Waals surface area contributed by atoms with Crippen molar-refractivity contribution in [3.63, 3.8) is 0 Å². The molecular weight excluding hydrogens is 426 g/mol. The van der Waals surface area contributed by atoms with Gasteiger partial charge in [0.2, 0.25) is 5.91 Å². The van der Waals surface area contributed by atoms with Gasteiger partial charge in [0.05, 0.1) is 6.54 Å². The number of hydrogen-bond donors (Lipinski definition) is 1. The van der Waals surface area contributed by atoms with Gasteiger partial charge in [0.1, 0.15) is 6.54 Å². The Balaban J connectivity index is 1.75. The Bertz CT molecular complexity index is 1110. The van der Waals surface area contributed by atoms with Crippen LogP contribution in [0, 0.1) is 11.6 Å². The van der Waals surface area contributed by atoms with E-state index < -0.39 is 17.7 Å². The van der Waals surface area contributed by atoms with Crippen molar-refractivity contribution < 1.29 is 18.4 Å². The highest BCUT2D eigenvalue weighted by molar-refractivity contribution is 5.92. The highest BCUT2D eigenvalue weighted by atomic mass is 19.2. The lowest BCUT2D eigenvalue weighted by Crippen LogP contribution is -2.44. The molecule has 0 unspecified atom stereocenters. The van der Waals surface area contributed by atoms with E-state index in [1.165, 1.54) is 17.0 Å². The number of halogens is 2. The molecule has 0 radical (unpaired) electrons. The van der Waals surface area contributed by atoms with E-state index in [9.17, 15) is 18.4 Å². The third-order valence-electron chi connectivity index (χ3n) is 5.11. The number of anilines is 1. The second-order valence-electron chi connectivity index (χ2n) is 7.57. The zero-order valence-corrected chi connectivity index (χ0v) is 18.4. The van der Waals surface area contributed by atoms with Crippen LogP contribution in [0.3, 0.4) is 0 Å². The lowest BCUT2D eigenvalue weighted by atomic mass is 10.2. The molecule has 0 aliphatic carbocycles. The number of urea groups is 1. The maximum atomic E-state index is 13.5. The molecule has 3 aromatic rings. The summed E-state index contributed by atoms with van der Waals surface area (Å²) in [4.78, 5) is 29.0. The lowest BCUT2D eigenvalue weighted by molar-refractivity contribution is -0.133. The topological polar surface area (TPSA) is 57.6 Å². The van der Waals surface area contributed by atoms with Crippen molar-refractivity contribution in [1.82, 2.24) is 14.4 Å². The minimum atomic E-state index is -1.07. The van der Waals surface area contributed by atoms with E-state index in [0.29, 0.717) is 13.1 Å². The van der Waals surface area contributed by atoms with Gasteiger partial charge in [-0.3, -0.25) is 4.79 Å². The molecule has 0 spiro atoms. The summed E-state index contributed by atoms with van der Waals surface area (Å²) < 4.78 is 28.6. The summed E-state index contributed by atoms with van der Waals surface area (Å²) in [6, 6.07) is 15.9. The van der Waals surface area contributed by atoms with Crippen LogP contribution < -0.4 is 5.32 Å². The Morgan fingerprint density at radius 2 is 1.76 bits per heavy atom. The van der Waals surface area contributed by atoms with Gasteiger partial charge in [-0.2, -0.15) is 0 Å². The van der Waals surface area contributed by atoms with E-state index >= 15 is 0 Å². The second-order valence-corrected chi connectivity index (χ2v) is 7.57. The Morgan fingerprint density at radius 3 is 2.39 bits per heavy atom. The summed E-state index contributed by atoms with van der Waals surface area (Å²) in [6.07, 6.45) is 3.40. The molecule has 8 heteroatoms. The Morgan fingerprint density at radius 1 is 1.00 bits per heavy atom. The van der Waals surface area contributed by atoms with E-state index in [4.69, 9.17) is 0 Å². The zero-order valence-electron chi connectivity index (χ0n) is 18.4. The van der Waals surface area contributed by atoms with Crippen LogP contribution in [0.15, 0.2) is 79.5 Å². The average Bonchev–Trinajstić information content (AvgIpc) is 3.20. The van der Waals surface area contributed by atoms with Crippen LogP contribution in [0.4, 0.5) is 19.3 Å². The fourth-order valence-corrected chi connectivity index (χ4v) is 3.31. The highest BCUT2D eigenvalue weighted by Crippen LogP contribution is 2.15. The Labute approximate surface area is 191 Å². The first-order valence-electron chi connectivity index (χ1n) is 10.4. The van der Waals surface area contributed by atoms with E-state index in [2.05, 4.69) is 11.9 Å². The van der Waals surface area contributed by atoms with Gasteiger partial charge in [-0.05, 0) is 29.8 Å². The van der Waals surface area contributed by atoms with Crippen molar-refractivity contribution in [3.05, 3.63) is 102 Å². The number of carbonyl (C=O) groups excluding carboxylic acids is 2. The fourth-order valence-electron chi connectivity index (χ4n) is 3.31. The van der Waals surface area contributed by atoms with Crippen molar-refractivity contribution in [3.8, 4) is 0 Å². The van der Waals surface area contributed by atoms with Crippen LogP contribution >= 0.6 is 0 Å². The predicted molar refractivity (Wildman–Crippen MR) is 123 cm³/mol. The largest absolute Gasteiger partial charge is 0.353 e. The first-order valence-corrected chi connectivity index (χ1v) is 10.4. The number of carbonyl (C=O) groups is 2. The number of aromatic nitrogens is 1. The van der Waals surface area contributed by atoms with E-state index in [-0.39, 0.29) is 24.7 Å². The molecule has 2 aromatic carbocycles. The Hall–Kier alpha value is -3.94. The molecule has 0 aliphatic heterocycles. The van der Waals surface area contributed by atoms with Gasteiger partial charge >= 0.3 is 6.03 Å². The molecule has 0 saturated heterocycles. The number of nitrogens with one attached hydrogen (secondary N) is 1. The van der Waals surface area contributed by atoms with Crippen molar-refractivity contribution in [2.45, 2.75) is 13.1 Å². The van der Waals surface area contributed by atoms with Gasteiger partial charge in [0.25, 0.3) is 0 Å². The van der Waals surface area contributed by atoms with Gasteiger partial charge in [0, 0.05) is 43.8 Å². The molecule has 6 nitrogen and oxygen atoms in total. The monoisotopic (exact) mass is 452 g/mol. The normalized spacial score (nSPS) is 10.5. The van der Waals surface area contributed by atoms with Crippen LogP contribution in [0.25, 0.3) is 0 Å². The molecule has 172 valence electrons. The number of nitrogens with zero attached hydrogens (tertiary/aromatic N) is 3. The quantitative estimate of drug-likeness (QED) is 0.484. The first-order chi connectivity index (χ1) is 15.9. The average molecular weight is 453 g/mol. The summed E-state index contributed by atoms with van der Waals surface area (Å²) in [5, 5.41) is 2.50. The summed E-state index contributed by atoms with van der Waals surface area (Å²) in [5.41, 5.74) is 1.99. The molecule has 0 aliphatic rings. The van der Waals surface area contributed by atoms with E-state index in [1.54, 1.807) is 4.90 Å². The van der Waals surface area contributed by atoms with Gasteiger partial charge in [0.15, 0.2) is 11.6 Å². The third-order valence-corrected chi connectivity index (χ3v) is 5.11. The van der Waals surface area contributed by atoms with Crippen molar-refractivity contribution in [1.29, 1.82) is 0 Å². The summed E-state index contributed by atoms with van der Waals surface area (Å²) in [5.74, 6) is -2.35. The molecule has 1 N–H and O–H groups in total. The van der Waals surface area contributed by atoms with Gasteiger partial charge in [-0.25, -0.2) is 13.6 Å². The fraction of sp³-hybridized carbons (Fsp3) is 0.200. The molecule has 1 aromatic heterocycles. The number of benzene rings is 2. The van der Waals surface area contributed by atoms with Gasteiger partial charge < -0.3 is 19.7 Å². The molecule has 3 rings (SSSR count). The lowest BCUT2D eigenvalue weighted by Gasteiger charge is -2.27. The molecule has 3 amide bonds. The van der Waals surface area contributed by atoms with E-state index in [1.807, 2.05) is 60.3 Å². The molecular formula is C25H26F2N4O2. The number of hydrogen-bond acceptors (Lipinski definition) is 2. The highest BCUT2D eigenvalue weighted by Gasteiger charge is 2.22. The van der Waals surface area contributed by atoms with Crippen molar-refractivity contribution in [2.75, 3.05) is 18.4 Å². The predicted octanol–water partition coefficient (Wildman–Crippen LogP) is 4.55. The van der Waals surface area contributed by atoms with Crippen molar-refractivity contribution in [2.24, 2.45) is 7.05 Å². The SMILES string of the molecule is C=CCN(CC(=O)N(Cc1ccccc1)Cc1cccn1C)C(=O)Nc1ccc(F)c(F)c1. The van der Waals surface area contributed by atoms with Crippen LogP contribution in [0.5, 0.6) is 0 Å². The molecule has 0 atom stereocenters. The minimum absolute atomic E-state index is 0.0883. The molecule has 0 bridgehead atoms. The number of amides is 3. The number of aryl methyl sites for hydroxylation is 1. The summed E-state index contributed by atoms with van der Waals surface area (Å²) in [7, 11) is 1.90. The van der Waals surface area contributed by atoms with Crippen LogP contribution in [0.2, 0.25) is 0 Å². The smallest absolute Gasteiger partial charge is 0.322 e. The molecule has 0 fully saturated rings. The molecule has 1 heterocycles. The summed E-state index contributed by atoms with van der Waals surface area (Å²) >= 11 is 0. The standard InChI is InChI=1S/C25H26F2N4O2/c1-3-13-30(25(33)28-20-11-12-22(26)23(27)15-20)18-24(32)31(16-19-8-5-4-6-9-19)17-21-10-7-14-29(21)2/h3-12,14-15H,1,13,16-18H2,2H3,(H,28,33). The maximum absolute atomic E-state index is 13.5. The van der Waals surface area contributed by atoms with E-state index in [0.717, 1.165) is 23.4 Å². The second kappa shape index (κ2) is 11.1. The molecule has 0 saturated carbocycles. The third kappa shape index (κ3) is 6.52. The molecule has 33 heavy (non-hydrogen) atoms. The van der Waals surface area contributed by atoms with Crippen LogP contribution in [0.1, 0.15) is 11.3 Å². The minimum Gasteiger partial charge on any atom is -0.353 e. The maximum Gasteiger partial charge on any atom is 0.322 e. The number of rotatable bonds is 9.